The summed E-state index contributed by atoms with van der Waals surface area (Å²) in [5.74, 6) is 0.159. The minimum absolute atomic E-state index is 0. The molecular formula is C41H36Cl2SiZr. The van der Waals surface area contributed by atoms with E-state index < -0.39 is 28.3 Å². The molecule has 0 saturated carbocycles. The van der Waals surface area contributed by atoms with Crippen molar-refractivity contribution in [2.24, 2.45) is 5.92 Å². The van der Waals surface area contributed by atoms with Gasteiger partial charge in [0.2, 0.25) is 0 Å². The molecule has 0 radical (unpaired) electrons. The summed E-state index contributed by atoms with van der Waals surface area (Å²) in [4.78, 5) is 0. The van der Waals surface area contributed by atoms with Crippen molar-refractivity contribution in [2.75, 3.05) is 0 Å². The van der Waals surface area contributed by atoms with Crippen LogP contribution in [0.25, 0.3) is 49.9 Å². The topological polar surface area (TPSA) is 0 Å². The summed E-state index contributed by atoms with van der Waals surface area (Å²) in [6.07, 6.45) is 3.66. The number of hydrogen-bond acceptors (Lipinski definition) is 0. The second-order valence-electron chi connectivity index (χ2n) is 12.9. The van der Waals surface area contributed by atoms with Gasteiger partial charge in [-0.15, -0.1) is 0 Å². The van der Waals surface area contributed by atoms with Crippen LogP contribution in [-0.4, -0.2) is 5.92 Å². The third-order valence-corrected chi connectivity index (χ3v) is 18.1. The van der Waals surface area contributed by atoms with Crippen LogP contribution in [-0.2, 0) is 28.8 Å². The Kier molecular flexibility index (Phi) is 9.17. The zero-order valence-electron chi connectivity index (χ0n) is 26.2. The van der Waals surface area contributed by atoms with E-state index in [-0.39, 0.29) is 24.8 Å². The van der Waals surface area contributed by atoms with Crippen LogP contribution in [0, 0.1) is 5.92 Å². The molecule has 0 amide bonds. The first-order valence-electron chi connectivity index (χ1n) is 15.8. The van der Waals surface area contributed by atoms with Crippen molar-refractivity contribution < 1.29 is 47.2 Å². The van der Waals surface area contributed by atoms with E-state index in [1.54, 1.807) is 20.0 Å². The summed E-state index contributed by atoms with van der Waals surface area (Å²) in [7, 11) is 0. The van der Waals surface area contributed by atoms with Gasteiger partial charge in [0.15, 0.2) is 0 Å². The number of benzene rings is 6. The van der Waals surface area contributed by atoms with Gasteiger partial charge in [-0.3, -0.25) is 0 Å². The van der Waals surface area contributed by atoms with Crippen LogP contribution in [0.1, 0.15) is 47.6 Å². The molecule has 2 aliphatic rings. The average molecular weight is 719 g/mol. The second kappa shape index (κ2) is 12.8. The van der Waals surface area contributed by atoms with Gasteiger partial charge in [-0.25, -0.2) is 0 Å². The van der Waals surface area contributed by atoms with Gasteiger partial charge in [0.1, 0.15) is 0 Å². The molecule has 0 N–H and O–H groups in total. The van der Waals surface area contributed by atoms with Gasteiger partial charge in [0.05, 0.1) is 0 Å². The standard InChI is InChI=1S/C39H29.C2H7Si.2ClH.Zr/c1-24(2)35-23-38-32(36-21-25-11-3-5-13-27(25)29-15-7-8-16-31(29)36)18-10-20-34(38)39(35)33-19-9-17-30-28-14-6-4-12-26(28)22-37(30)33;1-3-2;;;/h3-18,20-21,23-24,39H,22H2,1-2H3;3H,1-2H3;2*1H;/q;;;;+2/p-2. The maximum Gasteiger partial charge on any atom is -1.00 e. The first-order valence-corrected chi connectivity index (χ1v) is 24.1. The molecule has 0 saturated heterocycles. The predicted molar refractivity (Wildman–Crippen MR) is 185 cm³/mol. The number of fused-ring (bicyclic) bond motifs is 7. The fourth-order valence-electron chi connectivity index (χ4n) is 7.76. The second-order valence-corrected chi connectivity index (χ2v) is 27.5. The van der Waals surface area contributed by atoms with Crippen LogP contribution in [0.5, 0.6) is 0 Å². The minimum atomic E-state index is -0.662. The monoisotopic (exact) mass is 716 g/mol. The van der Waals surface area contributed by atoms with E-state index in [1.807, 2.05) is 0 Å². The Hall–Kier alpha value is -2.74. The molecular weight excluding hydrogens is 683 g/mol. The third-order valence-electron chi connectivity index (χ3n) is 9.58. The van der Waals surface area contributed by atoms with E-state index in [0.717, 1.165) is 6.42 Å². The molecule has 0 spiro atoms. The SMILES string of the molecule is CC(C)C1=Cc2c(-c3cc4ccccc4c4ccccc34)cccc2C1c1[c]([Zr+2][SiH](C)C)ccc2c1Cc1ccccc1-2.[Cl-].[Cl-]. The van der Waals surface area contributed by atoms with Crippen LogP contribution in [0.15, 0.2) is 115 Å². The van der Waals surface area contributed by atoms with Crippen molar-refractivity contribution in [1.82, 2.24) is 0 Å². The average Bonchev–Trinajstić information content (AvgIpc) is 3.59. The summed E-state index contributed by atoms with van der Waals surface area (Å²) in [5.41, 5.74) is 15.0. The molecule has 0 bridgehead atoms. The molecule has 2 aliphatic carbocycles. The normalized spacial score (nSPS) is 14.4. The largest absolute Gasteiger partial charge is 1.00 e. The molecule has 4 heteroatoms. The molecule has 1 unspecified atom stereocenters. The van der Waals surface area contributed by atoms with E-state index in [4.69, 9.17) is 0 Å². The summed E-state index contributed by atoms with van der Waals surface area (Å²) < 4.78 is 1.75. The van der Waals surface area contributed by atoms with Crippen molar-refractivity contribution in [3.63, 3.8) is 0 Å². The molecule has 6 aromatic rings. The van der Waals surface area contributed by atoms with Crippen molar-refractivity contribution in [1.29, 1.82) is 0 Å². The molecule has 0 aromatic heterocycles. The zero-order chi connectivity index (χ0) is 29.2. The molecule has 45 heavy (non-hydrogen) atoms. The molecule has 0 fully saturated rings. The fourth-order valence-corrected chi connectivity index (χ4v) is 16.0. The van der Waals surface area contributed by atoms with Crippen molar-refractivity contribution in [2.45, 2.75) is 39.3 Å². The van der Waals surface area contributed by atoms with Crippen LogP contribution < -0.4 is 28.1 Å². The van der Waals surface area contributed by atoms with Crippen molar-refractivity contribution in [3.8, 4) is 22.3 Å². The van der Waals surface area contributed by atoms with Crippen LogP contribution in [0.2, 0.25) is 13.1 Å². The summed E-state index contributed by atoms with van der Waals surface area (Å²) in [6, 6.07) is 41.6. The summed E-state index contributed by atoms with van der Waals surface area (Å²) >= 11 is -0.634. The van der Waals surface area contributed by atoms with Gasteiger partial charge >= 0.3 is 269 Å². The van der Waals surface area contributed by atoms with E-state index in [1.165, 1.54) is 60.5 Å². The summed E-state index contributed by atoms with van der Waals surface area (Å²) in [6.45, 7) is 9.96. The molecule has 8 rings (SSSR count). The number of allylic oxidation sites excluding steroid dienone is 1. The molecule has 0 heterocycles. The van der Waals surface area contributed by atoms with E-state index in [2.05, 4.69) is 142 Å². The van der Waals surface area contributed by atoms with Crippen LogP contribution >= 0.6 is 0 Å². The zero-order valence-corrected chi connectivity index (χ0v) is 31.3. The van der Waals surface area contributed by atoms with E-state index in [0.29, 0.717) is 11.8 Å². The Morgan fingerprint density at radius 2 is 1.36 bits per heavy atom. The maximum absolute atomic E-state index is 2.59. The molecule has 0 aliphatic heterocycles. The first kappa shape index (κ1) is 32.2. The van der Waals surface area contributed by atoms with Gasteiger partial charge in [-0.2, -0.15) is 0 Å². The Balaban J connectivity index is 0.00000179. The van der Waals surface area contributed by atoms with Crippen LogP contribution in [0.4, 0.5) is 0 Å². The number of rotatable bonds is 5. The van der Waals surface area contributed by atoms with Crippen LogP contribution in [0.3, 0.4) is 0 Å². The van der Waals surface area contributed by atoms with Gasteiger partial charge in [0, 0.05) is 0 Å². The Morgan fingerprint density at radius 3 is 2.13 bits per heavy atom. The van der Waals surface area contributed by atoms with Crippen molar-refractivity contribution >= 4 is 36.8 Å². The fraction of sp³-hybridized carbons (Fsp3) is 0.171. The number of halogens is 2. The van der Waals surface area contributed by atoms with Gasteiger partial charge in [-0.1, -0.05) is 0 Å². The third kappa shape index (κ3) is 5.33. The van der Waals surface area contributed by atoms with Gasteiger partial charge in [-0.05, 0) is 0 Å². The van der Waals surface area contributed by atoms with E-state index >= 15 is 0 Å². The van der Waals surface area contributed by atoms with Gasteiger partial charge < -0.3 is 24.8 Å². The van der Waals surface area contributed by atoms with Crippen molar-refractivity contribution in [3.05, 3.63) is 143 Å². The maximum atomic E-state index is 2.59. The van der Waals surface area contributed by atoms with E-state index in [9.17, 15) is 0 Å². The smallest absolute Gasteiger partial charge is 1.00 e. The molecule has 0 nitrogen and oxygen atoms in total. The quantitative estimate of drug-likeness (QED) is 0.186. The molecule has 1 atom stereocenters. The Morgan fingerprint density at radius 1 is 0.667 bits per heavy atom. The van der Waals surface area contributed by atoms with Gasteiger partial charge in [0.25, 0.3) is 0 Å². The molecule has 6 aromatic carbocycles. The Bertz CT molecular complexity index is 2110. The first-order chi connectivity index (χ1) is 21.0. The Labute approximate surface area is 291 Å². The number of hydrogen-bond donors (Lipinski definition) is 0. The molecule has 222 valence electrons. The predicted octanol–water partition coefficient (Wildman–Crippen LogP) is 4.12. The summed E-state index contributed by atoms with van der Waals surface area (Å²) in [5, 5.41) is 5.32. The minimum Gasteiger partial charge on any atom is -1.00 e.